The van der Waals surface area contributed by atoms with Crippen LogP contribution in [0.25, 0.3) is 0 Å². The predicted octanol–water partition coefficient (Wildman–Crippen LogP) is 7.48. The van der Waals surface area contributed by atoms with Crippen molar-refractivity contribution in [3.05, 3.63) is 105 Å². The molecule has 37 heavy (non-hydrogen) atoms. The van der Waals surface area contributed by atoms with Crippen molar-refractivity contribution >= 4 is 46.1 Å². The van der Waals surface area contributed by atoms with Crippen LogP contribution in [-0.2, 0) is 5.41 Å². The number of nitrogens with zero attached hydrogens (tertiary/aromatic N) is 2. The second kappa shape index (κ2) is 11.2. The molecule has 0 radical (unpaired) electrons. The molecular weight excluding hydrogens is 504 g/mol. The summed E-state index contributed by atoms with van der Waals surface area (Å²) in [5, 5.41) is 6.04. The number of anilines is 2. The van der Waals surface area contributed by atoms with Gasteiger partial charge >= 0.3 is 0 Å². The first kappa shape index (κ1) is 26.5. The van der Waals surface area contributed by atoms with Gasteiger partial charge in [-0.1, -0.05) is 62.7 Å². The van der Waals surface area contributed by atoms with Crippen molar-refractivity contribution < 1.29 is 9.59 Å². The number of para-hydroxylation sites is 1. The highest BCUT2D eigenvalue weighted by molar-refractivity contribution is 7.12. The average Bonchev–Trinajstić information content (AvgIpc) is 3.40. The minimum absolute atomic E-state index is 0.0961. The first-order valence-electron chi connectivity index (χ1n) is 12.0. The summed E-state index contributed by atoms with van der Waals surface area (Å²) in [4.78, 5) is 32.9. The van der Waals surface area contributed by atoms with Crippen LogP contribution < -0.4 is 10.6 Å². The van der Waals surface area contributed by atoms with Crippen LogP contribution in [0.4, 0.5) is 11.4 Å². The lowest BCUT2D eigenvalue weighted by Crippen LogP contribution is -2.15. The van der Waals surface area contributed by atoms with Crippen molar-refractivity contribution in [3.63, 3.8) is 0 Å². The molecule has 5 rings (SSSR count). The third-order valence-electron chi connectivity index (χ3n) is 6.38. The molecule has 0 bridgehead atoms. The summed E-state index contributed by atoms with van der Waals surface area (Å²) in [6.45, 7) is 8.54. The van der Waals surface area contributed by atoms with Crippen molar-refractivity contribution in [2.45, 2.75) is 45.4 Å². The van der Waals surface area contributed by atoms with Crippen LogP contribution in [0.5, 0.6) is 0 Å². The Morgan fingerprint density at radius 1 is 0.973 bits per heavy atom. The van der Waals surface area contributed by atoms with E-state index in [9.17, 15) is 9.59 Å². The topological polar surface area (TPSA) is 84.0 Å². The monoisotopic (exact) mass is 532 g/mol. The number of carbonyl (C=O) groups is 2. The molecule has 2 N–H and O–H groups in total. The average molecular weight is 533 g/mol. The lowest BCUT2D eigenvalue weighted by Gasteiger charge is -2.19. The second-order valence-electron chi connectivity index (χ2n) is 9.64. The summed E-state index contributed by atoms with van der Waals surface area (Å²) in [5.41, 5.74) is 7.21. The predicted molar refractivity (Wildman–Crippen MR) is 151 cm³/mol. The van der Waals surface area contributed by atoms with E-state index >= 15 is 0 Å². The fraction of sp³-hybridized carbons (Fsp3) is 0.241. The fourth-order valence-electron chi connectivity index (χ4n) is 4.75. The van der Waals surface area contributed by atoms with Crippen LogP contribution in [0.1, 0.15) is 70.0 Å². The molecule has 1 unspecified atom stereocenters. The van der Waals surface area contributed by atoms with Gasteiger partial charge in [0.2, 0.25) is 0 Å². The summed E-state index contributed by atoms with van der Waals surface area (Å²) in [7, 11) is 0. The van der Waals surface area contributed by atoms with Crippen LogP contribution in [0, 0.1) is 6.92 Å². The highest BCUT2D eigenvalue weighted by Gasteiger charge is 2.36. The maximum atomic E-state index is 12.5. The lowest BCUT2D eigenvalue weighted by molar-refractivity contribution is 0.102. The number of nitrogens with one attached hydrogen (secondary N) is 2. The normalized spacial score (nSPS) is 15.2. The van der Waals surface area contributed by atoms with Crippen LogP contribution in [0.2, 0.25) is 5.15 Å². The van der Waals surface area contributed by atoms with E-state index in [0.29, 0.717) is 16.4 Å². The van der Waals surface area contributed by atoms with Crippen molar-refractivity contribution in [2.75, 3.05) is 10.6 Å². The van der Waals surface area contributed by atoms with Crippen LogP contribution >= 0.6 is 22.9 Å². The number of benzene rings is 2. The van der Waals surface area contributed by atoms with E-state index < -0.39 is 0 Å². The number of pyridine rings is 1. The number of rotatable bonds is 4. The number of hydrogen-bond donors (Lipinski definition) is 2. The SMILES string of the molecule is CC1CC(C)(C)c2cccc(NC(=O)c3cccnc3Cl)c21.Cc1ncsc1C(=O)Nc1ccccc1. The summed E-state index contributed by atoms with van der Waals surface area (Å²) in [5.74, 6) is 0.107. The Kier molecular flexibility index (Phi) is 8.05. The highest BCUT2D eigenvalue weighted by atomic mass is 35.5. The Bertz CT molecular complexity index is 1420. The molecule has 0 saturated heterocycles. The van der Waals surface area contributed by atoms with E-state index in [2.05, 4.69) is 47.4 Å². The maximum absolute atomic E-state index is 12.5. The van der Waals surface area contributed by atoms with Crippen LogP contribution in [0.3, 0.4) is 0 Å². The lowest BCUT2D eigenvalue weighted by atomic mass is 9.86. The number of fused-ring (bicyclic) bond motifs is 1. The van der Waals surface area contributed by atoms with E-state index in [0.717, 1.165) is 23.5 Å². The molecule has 1 atom stereocenters. The van der Waals surface area contributed by atoms with Gasteiger partial charge in [-0.15, -0.1) is 11.3 Å². The quantitative estimate of drug-likeness (QED) is 0.267. The van der Waals surface area contributed by atoms with Crippen LogP contribution in [-0.4, -0.2) is 21.8 Å². The Morgan fingerprint density at radius 3 is 2.41 bits per heavy atom. The molecule has 2 aromatic heterocycles. The van der Waals surface area contributed by atoms with E-state index in [4.69, 9.17) is 11.6 Å². The van der Waals surface area contributed by atoms with E-state index in [1.807, 2.05) is 49.4 Å². The van der Waals surface area contributed by atoms with Gasteiger partial charge in [0.25, 0.3) is 11.8 Å². The molecule has 2 heterocycles. The summed E-state index contributed by atoms with van der Waals surface area (Å²) >= 11 is 7.36. The zero-order valence-electron chi connectivity index (χ0n) is 21.2. The molecule has 4 aromatic rings. The Morgan fingerprint density at radius 2 is 1.73 bits per heavy atom. The zero-order valence-corrected chi connectivity index (χ0v) is 22.8. The van der Waals surface area contributed by atoms with E-state index in [-0.39, 0.29) is 22.4 Å². The molecule has 1 aliphatic rings. The number of aromatic nitrogens is 2. The molecule has 0 aliphatic heterocycles. The van der Waals surface area contributed by atoms with Gasteiger partial charge in [0.15, 0.2) is 0 Å². The number of halogens is 1. The maximum Gasteiger partial charge on any atom is 0.267 e. The third kappa shape index (κ3) is 6.06. The van der Waals surface area contributed by atoms with E-state index in [1.165, 1.54) is 22.5 Å². The van der Waals surface area contributed by atoms with Crippen molar-refractivity contribution in [3.8, 4) is 0 Å². The first-order chi connectivity index (χ1) is 17.7. The molecule has 190 valence electrons. The minimum Gasteiger partial charge on any atom is -0.322 e. The molecule has 6 nitrogen and oxygen atoms in total. The molecule has 0 saturated carbocycles. The van der Waals surface area contributed by atoms with Gasteiger partial charge in [-0.05, 0) is 66.1 Å². The summed E-state index contributed by atoms with van der Waals surface area (Å²) in [6.07, 6.45) is 2.66. The minimum atomic E-state index is -0.219. The number of thiazole rings is 1. The number of hydrogen-bond acceptors (Lipinski definition) is 5. The zero-order chi connectivity index (χ0) is 26.6. The second-order valence-corrected chi connectivity index (χ2v) is 10.9. The Labute approximate surface area is 226 Å². The van der Waals surface area contributed by atoms with Crippen LogP contribution in [0.15, 0.2) is 72.4 Å². The molecule has 1 aliphatic carbocycles. The molecule has 2 aromatic carbocycles. The molecule has 8 heteroatoms. The molecule has 2 amide bonds. The van der Waals surface area contributed by atoms with E-state index in [1.54, 1.807) is 23.8 Å². The third-order valence-corrected chi connectivity index (χ3v) is 7.61. The standard InChI is InChI=1S/C18H19ClN2O.C11H10N2OS/c1-11-10-18(2,3)13-7-4-8-14(15(11)13)21-17(22)12-6-5-9-20-16(12)19;1-8-10(15-7-12-8)11(14)13-9-5-3-2-4-6-9/h4-9,11H,10H2,1-3H3,(H,21,22);2-7H,1H3,(H,13,14). The summed E-state index contributed by atoms with van der Waals surface area (Å²) in [6, 6.07) is 18.9. The number of aryl methyl sites for hydroxylation is 1. The molecule has 0 spiro atoms. The number of amides is 2. The first-order valence-corrected chi connectivity index (χ1v) is 13.2. The highest BCUT2D eigenvalue weighted by Crippen LogP contribution is 2.48. The van der Waals surface area contributed by atoms with Gasteiger partial charge in [0.05, 0.1) is 16.8 Å². The number of carbonyl (C=O) groups excluding carboxylic acids is 2. The fourth-order valence-corrected chi connectivity index (χ4v) is 5.65. The summed E-state index contributed by atoms with van der Waals surface area (Å²) < 4.78 is 0. The van der Waals surface area contributed by atoms with Gasteiger partial charge < -0.3 is 10.6 Å². The van der Waals surface area contributed by atoms with Gasteiger partial charge in [0.1, 0.15) is 10.0 Å². The Hall–Kier alpha value is -3.55. The van der Waals surface area contributed by atoms with Gasteiger partial charge in [-0.3, -0.25) is 9.59 Å². The van der Waals surface area contributed by atoms with Gasteiger partial charge in [0, 0.05) is 17.6 Å². The van der Waals surface area contributed by atoms with Crippen molar-refractivity contribution in [2.24, 2.45) is 0 Å². The Balaban J connectivity index is 0.000000186. The van der Waals surface area contributed by atoms with Gasteiger partial charge in [-0.2, -0.15) is 0 Å². The van der Waals surface area contributed by atoms with Gasteiger partial charge in [-0.25, -0.2) is 9.97 Å². The smallest absolute Gasteiger partial charge is 0.267 e. The molecule has 0 fully saturated rings. The van der Waals surface area contributed by atoms with Crippen molar-refractivity contribution in [1.29, 1.82) is 0 Å². The van der Waals surface area contributed by atoms with Crippen molar-refractivity contribution in [1.82, 2.24) is 9.97 Å². The largest absolute Gasteiger partial charge is 0.322 e. The molecular formula is C29H29ClN4O2S.